The van der Waals surface area contributed by atoms with Crippen molar-refractivity contribution in [3.8, 4) is 0 Å². The zero-order valence-corrected chi connectivity index (χ0v) is 25.8. The molecule has 3 aliphatic heterocycles. The average molecular weight is 595 g/mol. The van der Waals surface area contributed by atoms with Crippen LogP contribution in [0.5, 0.6) is 0 Å². The molecule has 1 N–H and O–H groups in total. The van der Waals surface area contributed by atoms with Crippen molar-refractivity contribution >= 4 is 6.09 Å². The van der Waals surface area contributed by atoms with Crippen molar-refractivity contribution in [2.75, 3.05) is 33.4 Å². The zero-order chi connectivity index (χ0) is 30.4. The first-order valence-electron chi connectivity index (χ1n) is 15.4. The molecular formula is C31H48F2N4O5. The Kier molecular flexibility index (Phi) is 9.05. The Bertz CT molecular complexity index is 1140. The van der Waals surface area contributed by atoms with Gasteiger partial charge in [0.1, 0.15) is 5.60 Å². The Labute approximate surface area is 248 Å². The number of rotatable bonds is 12. The van der Waals surface area contributed by atoms with Crippen molar-refractivity contribution in [2.24, 2.45) is 17.8 Å². The number of epoxide rings is 2. The van der Waals surface area contributed by atoms with Gasteiger partial charge in [-0.15, -0.1) is 0 Å². The summed E-state index contributed by atoms with van der Waals surface area (Å²) >= 11 is 0. The SMILES string of the molecule is CO[C@@H]1[C@H](N(C(=O)O)C(c2cn(C[C@@H]3CCN(CC(F)F)C3)cn2)C(C)C)CC[C@]2(CO2)[C@H]1[C@@]1(C)O[C@@H]1CC=C(C)C. The maximum atomic E-state index is 13.1. The van der Waals surface area contributed by atoms with Crippen molar-refractivity contribution in [3.05, 3.63) is 29.9 Å². The second kappa shape index (κ2) is 12.1. The molecule has 0 bridgehead atoms. The standard InChI is InChI=1S/C31H48F2N4O5/c1-19(2)7-8-24-30(5,42-24)28-27(40-6)23(9-11-31(28)17-41-31)37(29(38)39)26(20(3)4)22-15-36(18-34-22)14-21-10-12-35(13-21)16-25(32)33/h7,15,18,20-21,23-28H,8-14,16-17H2,1-6H3,(H,38,39)/t21-,23-,24-,26?,27-,28-,30+,31+/m1/s1. The molecule has 4 heterocycles. The van der Waals surface area contributed by atoms with E-state index in [1.165, 1.54) is 5.57 Å². The van der Waals surface area contributed by atoms with Crippen molar-refractivity contribution in [2.45, 2.75) is 109 Å². The number of halogens is 2. The second-order valence-corrected chi connectivity index (χ2v) is 13.6. The second-order valence-electron chi connectivity index (χ2n) is 13.6. The molecule has 1 aromatic rings. The molecule has 5 rings (SSSR count). The first-order chi connectivity index (χ1) is 19.9. The van der Waals surface area contributed by atoms with E-state index >= 15 is 0 Å². The summed E-state index contributed by atoms with van der Waals surface area (Å²) in [5.41, 5.74) is 1.13. The Morgan fingerprint density at radius 3 is 2.67 bits per heavy atom. The molecule has 11 heteroatoms. The lowest BCUT2D eigenvalue weighted by Crippen LogP contribution is -2.61. The minimum atomic E-state index is -2.33. The Morgan fingerprint density at radius 2 is 2.07 bits per heavy atom. The van der Waals surface area contributed by atoms with Crippen molar-refractivity contribution in [1.82, 2.24) is 19.4 Å². The monoisotopic (exact) mass is 594 g/mol. The average Bonchev–Trinajstić information content (AvgIpc) is 3.68. The highest BCUT2D eigenvalue weighted by Crippen LogP contribution is 2.60. The molecule has 9 nitrogen and oxygen atoms in total. The topological polar surface area (TPSA) is 95.9 Å². The Balaban J connectivity index is 1.37. The highest BCUT2D eigenvalue weighted by Gasteiger charge is 2.72. The maximum absolute atomic E-state index is 13.1. The molecule has 1 unspecified atom stereocenters. The van der Waals surface area contributed by atoms with Crippen LogP contribution in [-0.2, 0) is 20.8 Å². The molecule has 1 spiro atoms. The van der Waals surface area contributed by atoms with E-state index in [2.05, 4.69) is 26.8 Å². The van der Waals surface area contributed by atoms with E-state index in [-0.39, 0.29) is 36.0 Å². The molecule has 4 fully saturated rings. The van der Waals surface area contributed by atoms with Crippen LogP contribution in [0.25, 0.3) is 0 Å². The van der Waals surface area contributed by atoms with Gasteiger partial charge in [0.15, 0.2) is 0 Å². The number of hydrogen-bond acceptors (Lipinski definition) is 6. The number of likely N-dealkylation sites (tertiary alicyclic amines) is 1. The molecule has 1 aromatic heterocycles. The van der Waals surface area contributed by atoms with Gasteiger partial charge in [0.25, 0.3) is 6.43 Å². The minimum Gasteiger partial charge on any atom is -0.465 e. The smallest absolute Gasteiger partial charge is 0.408 e. The van der Waals surface area contributed by atoms with Gasteiger partial charge >= 0.3 is 6.09 Å². The van der Waals surface area contributed by atoms with Crippen LogP contribution in [0.2, 0.25) is 0 Å². The number of imidazole rings is 1. The summed E-state index contributed by atoms with van der Waals surface area (Å²) in [6, 6.07) is -0.873. The van der Waals surface area contributed by atoms with E-state index in [0.717, 1.165) is 19.3 Å². The highest BCUT2D eigenvalue weighted by atomic mass is 19.3. The van der Waals surface area contributed by atoms with Gasteiger partial charge in [0.05, 0.1) is 55.1 Å². The fourth-order valence-electron chi connectivity index (χ4n) is 7.88. The number of carbonyl (C=O) groups is 1. The van der Waals surface area contributed by atoms with Crippen LogP contribution in [0, 0.1) is 17.8 Å². The van der Waals surface area contributed by atoms with Gasteiger partial charge in [0, 0.05) is 32.3 Å². The van der Waals surface area contributed by atoms with Crippen molar-refractivity contribution in [3.63, 3.8) is 0 Å². The summed E-state index contributed by atoms with van der Waals surface area (Å²) in [5, 5.41) is 10.7. The van der Waals surface area contributed by atoms with Gasteiger partial charge < -0.3 is 23.9 Å². The fourth-order valence-corrected chi connectivity index (χ4v) is 7.88. The van der Waals surface area contributed by atoms with E-state index in [1.54, 1.807) is 18.3 Å². The summed E-state index contributed by atoms with van der Waals surface area (Å²) in [4.78, 5) is 21.2. The molecule has 236 valence electrons. The quantitative estimate of drug-likeness (QED) is 0.262. The first kappa shape index (κ1) is 31.3. The molecule has 1 aliphatic carbocycles. The summed E-state index contributed by atoms with van der Waals surface area (Å²) in [5.74, 6) is 0.110. The van der Waals surface area contributed by atoms with Gasteiger partial charge in [-0.3, -0.25) is 9.80 Å². The number of hydrogen-bond donors (Lipinski definition) is 1. The molecule has 1 amide bonds. The van der Waals surface area contributed by atoms with Gasteiger partial charge in [-0.1, -0.05) is 25.5 Å². The number of aromatic nitrogens is 2. The van der Waals surface area contributed by atoms with Gasteiger partial charge in [-0.25, -0.2) is 18.6 Å². The molecule has 4 aliphatic rings. The molecule has 8 atom stereocenters. The minimum absolute atomic E-state index is 0.0388. The molecule has 42 heavy (non-hydrogen) atoms. The third-order valence-corrected chi connectivity index (χ3v) is 9.96. The zero-order valence-electron chi connectivity index (χ0n) is 25.8. The molecular weight excluding hydrogens is 546 g/mol. The van der Waals surface area contributed by atoms with Gasteiger partial charge in [0.2, 0.25) is 0 Å². The lowest BCUT2D eigenvalue weighted by Gasteiger charge is -2.48. The van der Waals surface area contributed by atoms with Crippen LogP contribution in [0.3, 0.4) is 0 Å². The lowest BCUT2D eigenvalue weighted by atomic mass is 9.67. The van der Waals surface area contributed by atoms with E-state index in [1.807, 2.05) is 29.5 Å². The first-order valence-corrected chi connectivity index (χ1v) is 15.4. The van der Waals surface area contributed by atoms with Crippen molar-refractivity contribution < 1.29 is 32.9 Å². The fraction of sp³-hybridized carbons (Fsp3) is 0.806. The van der Waals surface area contributed by atoms with E-state index < -0.39 is 36.3 Å². The Morgan fingerprint density at radius 1 is 1.33 bits per heavy atom. The summed E-state index contributed by atoms with van der Waals surface area (Å²) in [6.07, 6.45) is 5.22. The number of carboxylic acid groups (broad SMARTS) is 1. The normalized spacial score (nSPS) is 35.1. The van der Waals surface area contributed by atoms with Crippen LogP contribution in [0.1, 0.15) is 72.0 Å². The van der Waals surface area contributed by atoms with Gasteiger partial charge in [-0.05, 0) is 64.8 Å². The highest BCUT2D eigenvalue weighted by molar-refractivity contribution is 5.66. The number of nitrogens with zero attached hydrogens (tertiary/aromatic N) is 4. The van der Waals surface area contributed by atoms with E-state index in [4.69, 9.17) is 19.2 Å². The van der Waals surface area contributed by atoms with E-state index in [0.29, 0.717) is 38.4 Å². The number of ether oxygens (including phenoxy) is 3. The molecule has 0 radical (unpaired) electrons. The number of amides is 1. The molecule has 1 saturated carbocycles. The largest absolute Gasteiger partial charge is 0.465 e. The predicted octanol–water partition coefficient (Wildman–Crippen LogP) is 5.22. The van der Waals surface area contributed by atoms with Crippen LogP contribution in [0.15, 0.2) is 24.2 Å². The maximum Gasteiger partial charge on any atom is 0.408 e. The van der Waals surface area contributed by atoms with Crippen LogP contribution in [-0.4, -0.2) is 99.8 Å². The van der Waals surface area contributed by atoms with E-state index in [9.17, 15) is 18.7 Å². The third kappa shape index (κ3) is 6.25. The Hall–Kier alpha value is -2.08. The lowest BCUT2D eigenvalue weighted by molar-refractivity contribution is -0.102. The summed E-state index contributed by atoms with van der Waals surface area (Å²) in [6.45, 7) is 12.7. The van der Waals surface area contributed by atoms with Crippen LogP contribution < -0.4 is 0 Å². The number of allylic oxidation sites excluding steroid dienone is 1. The van der Waals surface area contributed by atoms with Gasteiger partial charge in [-0.2, -0.15) is 0 Å². The van der Waals surface area contributed by atoms with Crippen LogP contribution >= 0.6 is 0 Å². The number of methoxy groups -OCH3 is 1. The molecule has 3 saturated heterocycles. The third-order valence-electron chi connectivity index (χ3n) is 9.96. The summed E-state index contributed by atoms with van der Waals surface area (Å²) < 4.78 is 46.3. The summed E-state index contributed by atoms with van der Waals surface area (Å²) in [7, 11) is 1.67. The molecule has 0 aromatic carbocycles. The van der Waals surface area contributed by atoms with Crippen molar-refractivity contribution in [1.29, 1.82) is 0 Å². The number of alkyl halides is 2. The van der Waals surface area contributed by atoms with Crippen LogP contribution in [0.4, 0.5) is 13.6 Å². The predicted molar refractivity (Wildman–Crippen MR) is 154 cm³/mol.